The molecule has 2 aromatic heterocycles. The number of anilines is 1. The molecule has 2 aliphatic rings. The monoisotopic (exact) mass is 372 g/mol. The largest absolute Gasteiger partial charge is 0.444 e. The van der Waals surface area contributed by atoms with Gasteiger partial charge in [-0.3, -0.25) is 0 Å². The van der Waals surface area contributed by atoms with Gasteiger partial charge in [0.05, 0.1) is 24.0 Å². The SMILES string of the molecule is CC(C)(C)OC(=O)N1CCN(c2cnn3cc(C4CCOC4)ccc23)CC1. The van der Waals surface area contributed by atoms with E-state index in [-0.39, 0.29) is 6.09 Å². The van der Waals surface area contributed by atoms with Gasteiger partial charge in [0.25, 0.3) is 0 Å². The number of hydrogen-bond donors (Lipinski definition) is 0. The predicted molar refractivity (Wildman–Crippen MR) is 103 cm³/mol. The summed E-state index contributed by atoms with van der Waals surface area (Å²) in [6, 6.07) is 4.34. The number of carbonyl (C=O) groups is 1. The molecule has 1 atom stereocenters. The lowest BCUT2D eigenvalue weighted by atomic mass is 10.0. The van der Waals surface area contributed by atoms with E-state index in [9.17, 15) is 4.79 Å². The minimum atomic E-state index is -0.460. The molecule has 1 amide bonds. The lowest BCUT2D eigenvalue weighted by Crippen LogP contribution is -2.50. The first-order valence-electron chi connectivity index (χ1n) is 9.69. The number of hydrogen-bond acceptors (Lipinski definition) is 5. The standard InChI is InChI=1S/C20H28N4O3/c1-20(2,3)27-19(25)23-9-7-22(8-10-23)18-12-21-24-13-15(4-5-17(18)24)16-6-11-26-14-16/h4-5,12-13,16H,6-11,14H2,1-3H3. The molecule has 0 N–H and O–H groups in total. The lowest BCUT2D eigenvalue weighted by molar-refractivity contribution is 0.0240. The van der Waals surface area contributed by atoms with E-state index < -0.39 is 5.60 Å². The Morgan fingerprint density at radius 2 is 2.00 bits per heavy atom. The van der Waals surface area contributed by atoms with Gasteiger partial charge in [-0.2, -0.15) is 5.10 Å². The van der Waals surface area contributed by atoms with Crippen LogP contribution in [0, 0.1) is 0 Å². The second kappa shape index (κ2) is 7.03. The van der Waals surface area contributed by atoms with E-state index in [2.05, 4.69) is 28.3 Å². The van der Waals surface area contributed by atoms with Crippen molar-refractivity contribution in [3.05, 3.63) is 30.1 Å². The number of nitrogens with zero attached hydrogens (tertiary/aromatic N) is 4. The molecule has 27 heavy (non-hydrogen) atoms. The highest BCUT2D eigenvalue weighted by molar-refractivity contribution is 5.74. The van der Waals surface area contributed by atoms with Crippen LogP contribution in [0.5, 0.6) is 0 Å². The fourth-order valence-electron chi connectivity index (χ4n) is 3.73. The van der Waals surface area contributed by atoms with E-state index in [4.69, 9.17) is 9.47 Å². The fraction of sp³-hybridized carbons (Fsp3) is 0.600. The Bertz CT molecular complexity index is 812. The third-order valence-corrected chi connectivity index (χ3v) is 5.19. The van der Waals surface area contributed by atoms with Crippen molar-refractivity contribution < 1.29 is 14.3 Å². The van der Waals surface area contributed by atoms with Gasteiger partial charge in [-0.1, -0.05) is 6.07 Å². The average Bonchev–Trinajstić information content (AvgIpc) is 3.30. The molecule has 0 aliphatic carbocycles. The first-order valence-corrected chi connectivity index (χ1v) is 9.69. The summed E-state index contributed by atoms with van der Waals surface area (Å²) in [4.78, 5) is 16.3. The average molecular weight is 372 g/mol. The summed E-state index contributed by atoms with van der Waals surface area (Å²) in [5.41, 5.74) is 3.04. The van der Waals surface area contributed by atoms with Crippen LogP contribution in [-0.4, -0.2) is 65.6 Å². The maximum atomic E-state index is 12.2. The summed E-state index contributed by atoms with van der Waals surface area (Å²) >= 11 is 0. The zero-order valence-corrected chi connectivity index (χ0v) is 16.4. The van der Waals surface area contributed by atoms with Crippen LogP contribution in [0.1, 0.15) is 38.7 Å². The van der Waals surface area contributed by atoms with E-state index in [1.165, 1.54) is 5.56 Å². The number of fused-ring (bicyclic) bond motifs is 1. The third kappa shape index (κ3) is 3.88. The Balaban J connectivity index is 1.44. The molecule has 4 rings (SSSR count). The predicted octanol–water partition coefficient (Wildman–Crippen LogP) is 2.90. The van der Waals surface area contributed by atoms with Gasteiger partial charge in [0.1, 0.15) is 5.60 Å². The highest BCUT2D eigenvalue weighted by Crippen LogP contribution is 2.28. The van der Waals surface area contributed by atoms with Crippen LogP contribution in [0.2, 0.25) is 0 Å². The van der Waals surface area contributed by atoms with Gasteiger partial charge in [0, 0.05) is 44.9 Å². The van der Waals surface area contributed by atoms with Gasteiger partial charge in [-0.25, -0.2) is 9.31 Å². The number of carbonyl (C=O) groups excluding carboxylic acids is 1. The van der Waals surface area contributed by atoms with Crippen molar-refractivity contribution in [3.8, 4) is 0 Å². The number of amides is 1. The smallest absolute Gasteiger partial charge is 0.410 e. The summed E-state index contributed by atoms with van der Waals surface area (Å²) < 4.78 is 12.9. The number of rotatable bonds is 2. The number of ether oxygens (including phenoxy) is 2. The fourth-order valence-corrected chi connectivity index (χ4v) is 3.73. The first-order chi connectivity index (χ1) is 12.9. The molecule has 0 radical (unpaired) electrons. The number of piperazine rings is 1. The lowest BCUT2D eigenvalue weighted by Gasteiger charge is -2.36. The van der Waals surface area contributed by atoms with Gasteiger partial charge in [-0.15, -0.1) is 0 Å². The quantitative estimate of drug-likeness (QED) is 0.811. The van der Waals surface area contributed by atoms with Crippen molar-refractivity contribution in [2.45, 2.75) is 38.7 Å². The molecular weight excluding hydrogens is 344 g/mol. The molecule has 2 saturated heterocycles. The molecule has 2 aliphatic heterocycles. The minimum Gasteiger partial charge on any atom is -0.444 e. The molecular formula is C20H28N4O3. The molecule has 0 aromatic carbocycles. The molecule has 7 heteroatoms. The molecule has 0 bridgehead atoms. The second-order valence-electron chi connectivity index (χ2n) is 8.34. The van der Waals surface area contributed by atoms with E-state index in [0.717, 1.165) is 43.9 Å². The molecule has 2 aromatic rings. The molecule has 7 nitrogen and oxygen atoms in total. The van der Waals surface area contributed by atoms with Crippen molar-refractivity contribution >= 4 is 17.3 Å². The Morgan fingerprint density at radius 1 is 1.22 bits per heavy atom. The van der Waals surface area contributed by atoms with Gasteiger partial charge >= 0.3 is 6.09 Å². The van der Waals surface area contributed by atoms with Crippen LogP contribution in [0.25, 0.3) is 5.52 Å². The summed E-state index contributed by atoms with van der Waals surface area (Å²) in [6.07, 6.45) is 4.89. The summed E-state index contributed by atoms with van der Waals surface area (Å²) in [6.45, 7) is 10.2. The summed E-state index contributed by atoms with van der Waals surface area (Å²) in [5.74, 6) is 0.472. The number of aromatic nitrogens is 2. The van der Waals surface area contributed by atoms with Gasteiger partial charge in [0.2, 0.25) is 0 Å². The summed E-state index contributed by atoms with van der Waals surface area (Å²) in [5, 5.41) is 4.56. The van der Waals surface area contributed by atoms with Crippen molar-refractivity contribution in [2.24, 2.45) is 0 Å². The maximum Gasteiger partial charge on any atom is 0.410 e. The van der Waals surface area contributed by atoms with E-state index in [1.54, 1.807) is 4.90 Å². The first kappa shape index (κ1) is 18.1. The Morgan fingerprint density at radius 3 is 2.67 bits per heavy atom. The van der Waals surface area contributed by atoms with Crippen LogP contribution in [0.15, 0.2) is 24.5 Å². The van der Waals surface area contributed by atoms with Crippen LogP contribution < -0.4 is 4.90 Å². The molecule has 146 valence electrons. The summed E-state index contributed by atoms with van der Waals surface area (Å²) in [7, 11) is 0. The Hall–Kier alpha value is -2.28. The van der Waals surface area contributed by atoms with Crippen molar-refractivity contribution in [1.82, 2.24) is 14.5 Å². The van der Waals surface area contributed by atoms with Crippen LogP contribution in [0.3, 0.4) is 0 Å². The highest BCUT2D eigenvalue weighted by Gasteiger charge is 2.27. The Kier molecular flexibility index (Phi) is 4.72. The van der Waals surface area contributed by atoms with Gasteiger partial charge in [-0.05, 0) is 38.8 Å². The van der Waals surface area contributed by atoms with Crippen LogP contribution in [0.4, 0.5) is 10.5 Å². The van der Waals surface area contributed by atoms with Crippen LogP contribution >= 0.6 is 0 Å². The molecule has 4 heterocycles. The Labute approximate surface area is 159 Å². The molecule has 0 saturated carbocycles. The molecule has 1 unspecified atom stereocenters. The zero-order valence-electron chi connectivity index (χ0n) is 16.4. The van der Waals surface area contributed by atoms with Gasteiger partial charge < -0.3 is 19.3 Å². The van der Waals surface area contributed by atoms with Gasteiger partial charge in [0.15, 0.2) is 0 Å². The highest BCUT2D eigenvalue weighted by atomic mass is 16.6. The van der Waals surface area contributed by atoms with Crippen molar-refractivity contribution in [1.29, 1.82) is 0 Å². The zero-order chi connectivity index (χ0) is 19.0. The normalized spacial score (nSPS) is 21.1. The van der Waals surface area contributed by atoms with Crippen molar-refractivity contribution in [3.63, 3.8) is 0 Å². The minimum absolute atomic E-state index is 0.231. The molecule has 0 spiro atoms. The van der Waals surface area contributed by atoms with E-state index in [1.807, 2.05) is 31.5 Å². The third-order valence-electron chi connectivity index (χ3n) is 5.19. The number of pyridine rings is 1. The molecule has 2 fully saturated rings. The van der Waals surface area contributed by atoms with Crippen LogP contribution in [-0.2, 0) is 9.47 Å². The van der Waals surface area contributed by atoms with E-state index in [0.29, 0.717) is 19.0 Å². The maximum absolute atomic E-state index is 12.2. The van der Waals surface area contributed by atoms with Crippen molar-refractivity contribution in [2.75, 3.05) is 44.3 Å². The van der Waals surface area contributed by atoms with E-state index >= 15 is 0 Å². The second-order valence-corrected chi connectivity index (χ2v) is 8.34. The topological polar surface area (TPSA) is 59.3 Å².